The van der Waals surface area contributed by atoms with Gasteiger partial charge >= 0.3 is 0 Å². The van der Waals surface area contributed by atoms with Gasteiger partial charge in [0.05, 0.1) is 24.2 Å². The third kappa shape index (κ3) is 7.35. The van der Waals surface area contributed by atoms with Crippen LogP contribution in [0.5, 0.6) is 0 Å². The smallest absolute Gasteiger partial charge is 0.287 e. The van der Waals surface area contributed by atoms with Gasteiger partial charge in [-0.05, 0) is 30.5 Å². The van der Waals surface area contributed by atoms with Crippen molar-refractivity contribution in [2.45, 2.75) is 43.0 Å². The van der Waals surface area contributed by atoms with Gasteiger partial charge in [0, 0.05) is 59.1 Å². The molecule has 9 nitrogen and oxygen atoms in total. The Morgan fingerprint density at radius 3 is 2.74 bits per heavy atom. The van der Waals surface area contributed by atoms with Gasteiger partial charge in [0.1, 0.15) is 11.6 Å². The lowest BCUT2D eigenvalue weighted by Gasteiger charge is -2.35. The average Bonchev–Trinajstić information content (AvgIpc) is 3.64. The molecule has 3 aromatic rings. The number of ether oxygens (including phenoxy) is 2. The number of nitrogens with one attached hydrogen (secondary N) is 1. The van der Waals surface area contributed by atoms with E-state index in [4.69, 9.17) is 18.9 Å². The van der Waals surface area contributed by atoms with Gasteiger partial charge in [-0.3, -0.25) is 9.69 Å². The van der Waals surface area contributed by atoms with E-state index in [-0.39, 0.29) is 12.0 Å². The molecule has 0 radical (unpaired) electrons. The second kappa shape index (κ2) is 13.2. The number of nitrogens with zero attached hydrogens (tertiary/aromatic N) is 4. The van der Waals surface area contributed by atoms with E-state index in [9.17, 15) is 4.79 Å². The topological polar surface area (TPSA) is 93.0 Å². The molecular weight excluding hydrogens is 502 g/mol. The van der Waals surface area contributed by atoms with Gasteiger partial charge in [0.15, 0.2) is 10.9 Å². The average molecular weight is 538 g/mol. The summed E-state index contributed by atoms with van der Waals surface area (Å²) in [6.07, 6.45) is 2.12. The first-order valence-corrected chi connectivity index (χ1v) is 14.1. The molecule has 1 amide bonds. The quantitative estimate of drug-likeness (QED) is 0.290. The Labute approximate surface area is 227 Å². The second-order valence-corrected chi connectivity index (χ2v) is 10.5. The largest absolute Gasteiger partial charge is 0.455 e. The van der Waals surface area contributed by atoms with Gasteiger partial charge in [-0.15, -0.1) is 0 Å². The molecule has 1 N–H and O–H groups in total. The highest BCUT2D eigenvalue weighted by atomic mass is 32.2. The molecule has 10 heteroatoms. The number of rotatable bonds is 11. The molecule has 1 atom stereocenters. The summed E-state index contributed by atoms with van der Waals surface area (Å²) in [5, 5.41) is 3.57. The van der Waals surface area contributed by atoms with Crippen LogP contribution in [0.15, 0.2) is 58.1 Å². The van der Waals surface area contributed by atoms with Crippen molar-refractivity contribution in [1.29, 1.82) is 0 Å². The minimum atomic E-state index is -0.219. The van der Waals surface area contributed by atoms with E-state index >= 15 is 0 Å². The zero-order chi connectivity index (χ0) is 26.2. The van der Waals surface area contributed by atoms with Gasteiger partial charge in [-0.25, -0.2) is 9.97 Å². The number of aromatic nitrogens is 2. The number of carbonyl (C=O) groups is 1. The molecule has 2 aliphatic rings. The van der Waals surface area contributed by atoms with Crippen LogP contribution in [0.25, 0.3) is 0 Å². The number of piperazine rings is 1. The highest BCUT2D eigenvalue weighted by Gasteiger charge is 2.21. The minimum Gasteiger partial charge on any atom is -0.455 e. The number of furan rings is 1. The third-order valence-corrected chi connectivity index (χ3v) is 7.60. The molecule has 4 heterocycles. The van der Waals surface area contributed by atoms with Crippen molar-refractivity contribution >= 4 is 23.5 Å². The molecule has 5 rings (SSSR count). The Morgan fingerprint density at radius 1 is 1.13 bits per heavy atom. The Morgan fingerprint density at radius 2 is 1.97 bits per heavy atom. The van der Waals surface area contributed by atoms with Gasteiger partial charge in [0.25, 0.3) is 5.91 Å². The van der Waals surface area contributed by atoms with Gasteiger partial charge in [-0.1, -0.05) is 42.1 Å². The molecule has 2 fully saturated rings. The molecule has 1 aromatic carbocycles. The van der Waals surface area contributed by atoms with E-state index in [2.05, 4.69) is 50.4 Å². The Balaban J connectivity index is 1.16. The lowest BCUT2D eigenvalue weighted by atomic mass is 10.2. The van der Waals surface area contributed by atoms with Crippen LogP contribution >= 0.6 is 11.8 Å². The first-order valence-electron chi connectivity index (χ1n) is 13.2. The molecule has 2 aliphatic heterocycles. The van der Waals surface area contributed by atoms with Gasteiger partial charge < -0.3 is 24.1 Å². The van der Waals surface area contributed by atoms with Crippen LogP contribution in [0, 0.1) is 0 Å². The lowest BCUT2D eigenvalue weighted by Crippen LogP contribution is -2.46. The predicted molar refractivity (Wildman–Crippen MR) is 146 cm³/mol. The molecule has 1 unspecified atom stereocenters. The molecule has 202 valence electrons. The molecular formula is C28H35N5O4S. The van der Waals surface area contributed by atoms with Crippen molar-refractivity contribution in [3.8, 4) is 0 Å². The van der Waals surface area contributed by atoms with Crippen molar-refractivity contribution in [1.82, 2.24) is 20.2 Å². The van der Waals surface area contributed by atoms with Crippen LogP contribution in [0.4, 0.5) is 5.82 Å². The van der Waals surface area contributed by atoms with Gasteiger partial charge in [-0.2, -0.15) is 0 Å². The van der Waals surface area contributed by atoms with Crippen molar-refractivity contribution in [3.05, 3.63) is 71.3 Å². The molecule has 38 heavy (non-hydrogen) atoms. The second-order valence-electron chi connectivity index (χ2n) is 9.58. The van der Waals surface area contributed by atoms with E-state index < -0.39 is 0 Å². The van der Waals surface area contributed by atoms with Crippen LogP contribution in [0.1, 0.15) is 40.4 Å². The van der Waals surface area contributed by atoms with Crippen molar-refractivity contribution in [2.75, 3.05) is 51.3 Å². The van der Waals surface area contributed by atoms with Crippen LogP contribution < -0.4 is 10.2 Å². The Hall–Kier alpha value is -2.92. The number of methoxy groups -OCH3 is 1. The maximum atomic E-state index is 12.4. The first-order chi connectivity index (χ1) is 18.7. The first kappa shape index (κ1) is 26.7. The predicted octanol–water partition coefficient (Wildman–Crippen LogP) is 3.74. The number of hydrogen-bond donors (Lipinski definition) is 1. The summed E-state index contributed by atoms with van der Waals surface area (Å²) in [6.45, 7) is 6.43. The van der Waals surface area contributed by atoms with Crippen molar-refractivity contribution < 1.29 is 18.7 Å². The summed E-state index contributed by atoms with van der Waals surface area (Å²) < 4.78 is 16.7. The number of amides is 1. The van der Waals surface area contributed by atoms with Crippen LogP contribution in [0.3, 0.4) is 0 Å². The summed E-state index contributed by atoms with van der Waals surface area (Å²) in [7, 11) is 1.67. The van der Waals surface area contributed by atoms with E-state index in [0.717, 1.165) is 63.7 Å². The van der Waals surface area contributed by atoms with Crippen molar-refractivity contribution in [2.24, 2.45) is 0 Å². The van der Waals surface area contributed by atoms with E-state index in [1.54, 1.807) is 13.2 Å². The number of benzene rings is 1. The fourth-order valence-electron chi connectivity index (χ4n) is 4.70. The minimum absolute atomic E-state index is 0.0986. The number of anilines is 1. The van der Waals surface area contributed by atoms with Crippen molar-refractivity contribution in [3.63, 3.8) is 0 Å². The van der Waals surface area contributed by atoms with E-state index in [1.165, 1.54) is 17.3 Å². The third-order valence-electron chi connectivity index (χ3n) is 6.73. The number of carbonyl (C=O) groups excluding carboxylic acids is 1. The summed E-state index contributed by atoms with van der Waals surface area (Å²) in [6, 6.07) is 16.2. The van der Waals surface area contributed by atoms with Crippen LogP contribution in [-0.2, 0) is 28.4 Å². The maximum absolute atomic E-state index is 12.4. The highest BCUT2D eigenvalue weighted by Crippen LogP contribution is 2.25. The monoisotopic (exact) mass is 537 g/mol. The Bertz CT molecular complexity index is 1180. The molecule has 0 saturated carbocycles. The Kier molecular flexibility index (Phi) is 9.29. The maximum Gasteiger partial charge on any atom is 0.287 e. The highest BCUT2D eigenvalue weighted by molar-refractivity contribution is 7.98. The lowest BCUT2D eigenvalue weighted by molar-refractivity contribution is 0.0834. The fourth-order valence-corrected chi connectivity index (χ4v) is 5.46. The fraction of sp³-hybridized carbons (Fsp3) is 0.464. The SMILES string of the molecule is COCc1cc(N2CCN(Cc3ccccc3)CC2)nc(SCc2ccc(C(=O)NCC3CCCO3)o2)n1. The standard InChI is InChI=1S/C28H35N5O4S/c1-35-19-22-16-26(33-13-11-32(12-14-33)18-21-6-3-2-4-7-21)31-28(30-22)38-20-24-9-10-25(37-24)27(34)29-17-23-8-5-15-36-23/h2-4,6-7,9-10,16,23H,5,8,11-15,17-20H2,1H3,(H,29,34). The van der Waals surface area contributed by atoms with Crippen LogP contribution in [0.2, 0.25) is 0 Å². The summed E-state index contributed by atoms with van der Waals surface area (Å²) in [5.41, 5.74) is 2.19. The van der Waals surface area contributed by atoms with E-state index in [0.29, 0.717) is 35.6 Å². The van der Waals surface area contributed by atoms with Gasteiger partial charge in [0.2, 0.25) is 0 Å². The molecule has 0 aliphatic carbocycles. The van der Waals surface area contributed by atoms with E-state index in [1.807, 2.05) is 12.1 Å². The molecule has 2 saturated heterocycles. The number of hydrogen-bond acceptors (Lipinski definition) is 9. The molecule has 0 spiro atoms. The zero-order valence-electron chi connectivity index (χ0n) is 21.8. The summed E-state index contributed by atoms with van der Waals surface area (Å²) >= 11 is 1.49. The molecule has 0 bridgehead atoms. The summed E-state index contributed by atoms with van der Waals surface area (Å²) in [4.78, 5) is 26.7. The summed E-state index contributed by atoms with van der Waals surface area (Å²) in [5.74, 6) is 2.24. The van der Waals surface area contributed by atoms with Crippen LogP contribution in [-0.4, -0.2) is 73.3 Å². The number of thioether (sulfide) groups is 1. The molecule has 2 aromatic heterocycles. The zero-order valence-corrected chi connectivity index (χ0v) is 22.6. The normalized spacial score (nSPS) is 18.1.